The maximum Gasteiger partial charge on any atom is 0.309 e. The molecule has 0 saturated heterocycles. The Labute approximate surface area is 79.9 Å². The largest absolute Gasteiger partial charge is 0.406 e. The van der Waals surface area contributed by atoms with Crippen molar-refractivity contribution < 1.29 is 19.1 Å². The Kier molecular flexibility index (Phi) is 3.11. The van der Waals surface area contributed by atoms with Gasteiger partial charge in [-0.25, -0.2) is 0 Å². The lowest BCUT2D eigenvalue weighted by Gasteiger charge is -2.01. The van der Waals surface area contributed by atoms with E-state index in [-0.39, 0.29) is 11.8 Å². The normalized spacial score (nSPS) is 9.29. The second-order valence-corrected chi connectivity index (χ2v) is 2.38. The van der Waals surface area contributed by atoms with E-state index >= 15 is 0 Å². The van der Waals surface area contributed by atoms with Crippen LogP contribution < -0.4 is 9.47 Å². The first kappa shape index (κ1) is 10.1. The molecule has 0 radical (unpaired) electrons. The van der Waals surface area contributed by atoms with Gasteiger partial charge in [0, 0.05) is 13.8 Å². The van der Waals surface area contributed by atoms with Crippen molar-refractivity contribution >= 4 is 11.9 Å². The van der Waals surface area contributed by atoms with Crippen LogP contribution in [0.15, 0.2) is 12.4 Å². The topological polar surface area (TPSA) is 78.4 Å². The molecule has 1 heterocycles. The highest BCUT2D eigenvalue weighted by Crippen LogP contribution is 2.10. The number of hydrogen-bond acceptors (Lipinski definition) is 6. The second kappa shape index (κ2) is 4.31. The summed E-state index contributed by atoms with van der Waals surface area (Å²) in [7, 11) is 0. The maximum atomic E-state index is 10.5. The van der Waals surface area contributed by atoms with Crippen molar-refractivity contribution in [1.29, 1.82) is 0 Å². The van der Waals surface area contributed by atoms with Crippen LogP contribution in [-0.2, 0) is 9.59 Å². The van der Waals surface area contributed by atoms with Gasteiger partial charge in [0.15, 0.2) is 0 Å². The SMILES string of the molecule is CC(=O)Oc1cncc(OC(C)=O)n1. The van der Waals surface area contributed by atoms with E-state index in [0.29, 0.717) is 0 Å². The first-order valence-electron chi connectivity index (χ1n) is 3.77. The summed E-state index contributed by atoms with van der Waals surface area (Å²) in [6, 6.07) is 0. The minimum Gasteiger partial charge on any atom is -0.406 e. The third-order valence-corrected chi connectivity index (χ3v) is 1.09. The predicted octanol–water partition coefficient (Wildman–Crippen LogP) is 0.327. The molecule has 0 bridgehead atoms. The number of hydrogen-bond donors (Lipinski definition) is 0. The quantitative estimate of drug-likeness (QED) is 0.634. The smallest absolute Gasteiger partial charge is 0.309 e. The van der Waals surface area contributed by atoms with E-state index in [0.717, 1.165) is 0 Å². The molecule has 1 aromatic rings. The standard InChI is InChI=1S/C8H8N2O4/c1-5(11)13-7-3-9-4-8(10-7)14-6(2)12/h3-4H,1-2H3. The van der Waals surface area contributed by atoms with Crippen LogP contribution in [-0.4, -0.2) is 21.9 Å². The molecule has 0 amide bonds. The average molecular weight is 196 g/mol. The molecule has 0 spiro atoms. The van der Waals surface area contributed by atoms with Crippen molar-refractivity contribution in [2.45, 2.75) is 13.8 Å². The Bertz CT molecular complexity index is 333. The number of carbonyl (C=O) groups excluding carboxylic acids is 2. The third kappa shape index (κ3) is 3.18. The number of aromatic nitrogens is 2. The van der Waals surface area contributed by atoms with Gasteiger partial charge >= 0.3 is 11.9 Å². The van der Waals surface area contributed by atoms with Crippen molar-refractivity contribution in [2.75, 3.05) is 0 Å². The van der Waals surface area contributed by atoms with Crippen LogP contribution in [0.1, 0.15) is 13.8 Å². The fourth-order valence-electron chi connectivity index (χ4n) is 0.724. The summed E-state index contributed by atoms with van der Waals surface area (Å²) < 4.78 is 9.27. The van der Waals surface area contributed by atoms with Crippen molar-refractivity contribution in [3.63, 3.8) is 0 Å². The van der Waals surface area contributed by atoms with Gasteiger partial charge < -0.3 is 9.47 Å². The fraction of sp³-hybridized carbons (Fsp3) is 0.250. The summed E-state index contributed by atoms with van der Waals surface area (Å²) in [6.07, 6.45) is 2.49. The highest BCUT2D eigenvalue weighted by atomic mass is 16.6. The van der Waals surface area contributed by atoms with Gasteiger partial charge in [0.1, 0.15) is 0 Å². The molecule has 74 valence electrons. The van der Waals surface area contributed by atoms with Gasteiger partial charge in [0.05, 0.1) is 12.4 Å². The molecule has 0 N–H and O–H groups in total. The summed E-state index contributed by atoms with van der Waals surface area (Å²) in [6.45, 7) is 2.47. The maximum absolute atomic E-state index is 10.5. The van der Waals surface area contributed by atoms with Crippen LogP contribution in [0, 0.1) is 0 Å². The van der Waals surface area contributed by atoms with Gasteiger partial charge in [-0.1, -0.05) is 0 Å². The van der Waals surface area contributed by atoms with E-state index in [4.69, 9.17) is 0 Å². The number of nitrogens with zero attached hydrogens (tertiary/aromatic N) is 2. The Balaban J connectivity index is 2.78. The van der Waals surface area contributed by atoms with E-state index in [9.17, 15) is 9.59 Å². The first-order chi connectivity index (χ1) is 6.58. The minimum absolute atomic E-state index is 0.00347. The Morgan fingerprint density at radius 3 is 1.86 bits per heavy atom. The van der Waals surface area contributed by atoms with Crippen molar-refractivity contribution in [2.24, 2.45) is 0 Å². The first-order valence-corrected chi connectivity index (χ1v) is 3.77. The van der Waals surface area contributed by atoms with E-state index in [1.165, 1.54) is 26.2 Å². The molecule has 0 aliphatic heterocycles. The van der Waals surface area contributed by atoms with Crippen molar-refractivity contribution in [1.82, 2.24) is 9.97 Å². The Hall–Kier alpha value is -1.98. The van der Waals surface area contributed by atoms with Gasteiger partial charge in [0.2, 0.25) is 11.8 Å². The van der Waals surface area contributed by atoms with Crippen LogP contribution in [0.5, 0.6) is 11.8 Å². The highest BCUT2D eigenvalue weighted by molar-refractivity contribution is 5.69. The summed E-state index contributed by atoms with van der Waals surface area (Å²) >= 11 is 0. The zero-order valence-electron chi connectivity index (χ0n) is 7.68. The van der Waals surface area contributed by atoms with Gasteiger partial charge in [-0.05, 0) is 0 Å². The Morgan fingerprint density at radius 1 is 1.07 bits per heavy atom. The average Bonchev–Trinajstić information content (AvgIpc) is 2.01. The van der Waals surface area contributed by atoms with Crippen LogP contribution in [0.2, 0.25) is 0 Å². The molecule has 0 fully saturated rings. The van der Waals surface area contributed by atoms with Crippen LogP contribution in [0.3, 0.4) is 0 Å². The molecule has 0 aliphatic carbocycles. The number of rotatable bonds is 2. The molecule has 6 heteroatoms. The molecule has 0 aromatic carbocycles. The summed E-state index contributed by atoms with van der Waals surface area (Å²) in [5.41, 5.74) is 0. The molecule has 0 unspecified atom stereocenters. The minimum atomic E-state index is -0.515. The van der Waals surface area contributed by atoms with Gasteiger partial charge in [-0.3, -0.25) is 14.6 Å². The molecule has 1 rings (SSSR count). The fourth-order valence-corrected chi connectivity index (χ4v) is 0.724. The summed E-state index contributed by atoms with van der Waals surface area (Å²) in [5, 5.41) is 0. The molecule has 6 nitrogen and oxygen atoms in total. The van der Waals surface area contributed by atoms with E-state index in [1.54, 1.807) is 0 Å². The zero-order valence-corrected chi connectivity index (χ0v) is 7.68. The molecule has 0 saturated carbocycles. The molecule has 0 atom stereocenters. The molecule has 1 aromatic heterocycles. The Morgan fingerprint density at radius 2 is 1.50 bits per heavy atom. The zero-order chi connectivity index (χ0) is 10.6. The van der Waals surface area contributed by atoms with E-state index in [2.05, 4.69) is 19.4 Å². The van der Waals surface area contributed by atoms with Crippen molar-refractivity contribution in [3.8, 4) is 11.8 Å². The predicted molar refractivity (Wildman–Crippen MR) is 44.7 cm³/mol. The summed E-state index contributed by atoms with van der Waals surface area (Å²) in [5.74, 6) is -1.04. The number of carbonyl (C=O) groups is 2. The summed E-state index contributed by atoms with van der Waals surface area (Å²) in [4.78, 5) is 28.5. The molecule has 14 heavy (non-hydrogen) atoms. The molecular weight excluding hydrogens is 188 g/mol. The molecular formula is C8H8N2O4. The van der Waals surface area contributed by atoms with Crippen molar-refractivity contribution in [3.05, 3.63) is 12.4 Å². The lowest BCUT2D eigenvalue weighted by Crippen LogP contribution is -2.07. The number of ether oxygens (including phenoxy) is 2. The van der Waals surface area contributed by atoms with Crippen LogP contribution >= 0.6 is 0 Å². The van der Waals surface area contributed by atoms with Crippen LogP contribution in [0.25, 0.3) is 0 Å². The van der Waals surface area contributed by atoms with Gasteiger partial charge in [-0.15, -0.1) is 0 Å². The highest BCUT2D eigenvalue weighted by Gasteiger charge is 2.04. The van der Waals surface area contributed by atoms with E-state index < -0.39 is 11.9 Å². The molecule has 0 aliphatic rings. The lowest BCUT2D eigenvalue weighted by atomic mass is 10.6. The van der Waals surface area contributed by atoms with Gasteiger partial charge in [-0.2, -0.15) is 4.98 Å². The second-order valence-electron chi connectivity index (χ2n) is 2.38. The number of esters is 2. The van der Waals surface area contributed by atoms with Crippen LogP contribution in [0.4, 0.5) is 0 Å². The van der Waals surface area contributed by atoms with E-state index in [1.807, 2.05) is 0 Å². The third-order valence-electron chi connectivity index (χ3n) is 1.09. The monoisotopic (exact) mass is 196 g/mol. The lowest BCUT2D eigenvalue weighted by molar-refractivity contribution is -0.132. The van der Waals surface area contributed by atoms with Gasteiger partial charge in [0.25, 0.3) is 0 Å².